The zero-order valence-electron chi connectivity index (χ0n) is 13.5. The number of benzene rings is 2. The summed E-state index contributed by atoms with van der Waals surface area (Å²) in [7, 11) is 0. The van der Waals surface area contributed by atoms with Crippen LogP contribution < -0.4 is 0 Å². The molecular weight excluding hydrogens is 300 g/mol. The third-order valence-electron chi connectivity index (χ3n) is 4.60. The maximum Gasteiger partial charge on any atom is 0.335 e. The highest BCUT2D eigenvalue weighted by Gasteiger charge is 2.23. The summed E-state index contributed by atoms with van der Waals surface area (Å²) in [5, 5.41) is 18.3. The second-order valence-corrected chi connectivity index (χ2v) is 6.37. The molecule has 0 aromatic heterocycles. The van der Waals surface area contributed by atoms with E-state index in [1.807, 2.05) is 36.4 Å². The molecule has 2 aromatic carbocycles. The van der Waals surface area contributed by atoms with E-state index < -0.39 is 5.97 Å². The van der Waals surface area contributed by atoms with Crippen molar-refractivity contribution >= 4 is 5.97 Å². The molecule has 1 aliphatic rings. The van der Waals surface area contributed by atoms with E-state index in [9.17, 15) is 10.1 Å². The molecule has 1 heterocycles. The summed E-state index contributed by atoms with van der Waals surface area (Å²) in [5.41, 5.74) is 3.26. The summed E-state index contributed by atoms with van der Waals surface area (Å²) in [4.78, 5) is 13.4. The molecule has 1 saturated heterocycles. The van der Waals surface area contributed by atoms with Crippen molar-refractivity contribution in [1.29, 1.82) is 5.26 Å². The minimum absolute atomic E-state index is 0.352. The van der Waals surface area contributed by atoms with Gasteiger partial charge < -0.3 is 5.11 Å². The Bertz CT molecular complexity index is 779. The Labute approximate surface area is 142 Å². The van der Waals surface area contributed by atoms with Crippen LogP contribution in [-0.2, 0) is 13.0 Å². The van der Waals surface area contributed by atoms with Crippen LogP contribution in [0.15, 0.2) is 48.5 Å². The van der Waals surface area contributed by atoms with Gasteiger partial charge in [0.25, 0.3) is 0 Å². The van der Waals surface area contributed by atoms with Crippen molar-refractivity contribution in [3.8, 4) is 6.07 Å². The molecule has 0 aliphatic carbocycles. The smallest absolute Gasteiger partial charge is 0.335 e. The first-order chi connectivity index (χ1) is 11.7. The highest BCUT2D eigenvalue weighted by atomic mass is 16.4. The van der Waals surface area contributed by atoms with E-state index in [1.165, 1.54) is 0 Å². The molecule has 4 heteroatoms. The van der Waals surface area contributed by atoms with E-state index in [0.717, 1.165) is 49.2 Å². The Morgan fingerprint density at radius 2 is 2.08 bits per heavy atom. The van der Waals surface area contributed by atoms with E-state index in [-0.39, 0.29) is 0 Å². The molecule has 1 N–H and O–H groups in total. The van der Waals surface area contributed by atoms with Crippen LogP contribution in [0.5, 0.6) is 0 Å². The molecule has 0 amide bonds. The van der Waals surface area contributed by atoms with Crippen molar-refractivity contribution in [3.63, 3.8) is 0 Å². The molecule has 1 unspecified atom stereocenters. The zero-order chi connectivity index (χ0) is 16.9. The number of nitriles is 1. The number of carboxylic acid groups (broad SMARTS) is 1. The first-order valence-corrected chi connectivity index (χ1v) is 8.18. The molecule has 1 fully saturated rings. The monoisotopic (exact) mass is 320 g/mol. The van der Waals surface area contributed by atoms with Gasteiger partial charge in [-0.1, -0.05) is 30.3 Å². The number of hydrogen-bond acceptors (Lipinski definition) is 3. The summed E-state index contributed by atoms with van der Waals surface area (Å²) in [6.45, 7) is 2.80. The predicted molar refractivity (Wildman–Crippen MR) is 91.6 cm³/mol. The van der Waals surface area contributed by atoms with Crippen LogP contribution >= 0.6 is 0 Å². The number of nitrogens with zero attached hydrogens (tertiary/aromatic N) is 2. The summed E-state index contributed by atoms with van der Waals surface area (Å²) >= 11 is 0. The Hall–Kier alpha value is -2.64. The number of carboxylic acids is 1. The van der Waals surface area contributed by atoms with E-state index in [1.54, 1.807) is 12.1 Å². The number of carbonyl (C=O) groups is 1. The van der Waals surface area contributed by atoms with Crippen LogP contribution in [-0.4, -0.2) is 29.1 Å². The van der Waals surface area contributed by atoms with Crippen molar-refractivity contribution in [2.75, 3.05) is 13.1 Å². The molecule has 4 nitrogen and oxygen atoms in total. The molecular formula is C20H20N2O2. The van der Waals surface area contributed by atoms with E-state index in [2.05, 4.69) is 11.0 Å². The van der Waals surface area contributed by atoms with Crippen LogP contribution in [0, 0.1) is 17.2 Å². The third-order valence-corrected chi connectivity index (χ3v) is 4.60. The number of hydrogen-bond donors (Lipinski definition) is 1. The SMILES string of the molecule is N#Cc1ccccc1CN1CCC(Cc2cccc(C(=O)O)c2)C1. The molecule has 1 aliphatic heterocycles. The number of rotatable bonds is 5. The largest absolute Gasteiger partial charge is 0.478 e. The molecule has 3 rings (SSSR count). The first kappa shape index (κ1) is 16.2. The summed E-state index contributed by atoms with van der Waals surface area (Å²) in [6.07, 6.45) is 2.00. The van der Waals surface area contributed by atoms with Crippen LogP contribution in [0.4, 0.5) is 0 Å². The lowest BCUT2D eigenvalue weighted by Gasteiger charge is -2.17. The van der Waals surface area contributed by atoms with Gasteiger partial charge in [-0.05, 0) is 54.6 Å². The minimum atomic E-state index is -0.877. The third kappa shape index (κ3) is 3.81. The second-order valence-electron chi connectivity index (χ2n) is 6.37. The highest BCUT2D eigenvalue weighted by molar-refractivity contribution is 5.87. The number of likely N-dealkylation sites (tertiary alicyclic amines) is 1. The fraction of sp³-hybridized carbons (Fsp3) is 0.300. The molecule has 0 saturated carbocycles. The van der Waals surface area contributed by atoms with Gasteiger partial charge in [0.2, 0.25) is 0 Å². The van der Waals surface area contributed by atoms with Crippen LogP contribution in [0.3, 0.4) is 0 Å². The Morgan fingerprint density at radius 1 is 1.25 bits per heavy atom. The summed E-state index contributed by atoms with van der Waals surface area (Å²) in [6, 6.07) is 17.2. The van der Waals surface area contributed by atoms with E-state index in [4.69, 9.17) is 5.11 Å². The lowest BCUT2D eigenvalue weighted by molar-refractivity contribution is 0.0696. The fourth-order valence-electron chi connectivity index (χ4n) is 3.40. The van der Waals surface area contributed by atoms with Crippen molar-refractivity contribution in [1.82, 2.24) is 4.90 Å². The van der Waals surface area contributed by atoms with Crippen molar-refractivity contribution in [3.05, 3.63) is 70.8 Å². The van der Waals surface area contributed by atoms with Gasteiger partial charge in [0.05, 0.1) is 17.2 Å². The summed E-state index contributed by atoms with van der Waals surface area (Å²) < 4.78 is 0. The lowest BCUT2D eigenvalue weighted by atomic mass is 9.97. The standard InChI is InChI=1S/C20H20N2O2/c21-12-18-5-1-2-6-19(18)14-22-9-8-16(13-22)10-15-4-3-7-17(11-15)20(23)24/h1-7,11,16H,8-10,13-14H2,(H,23,24). The molecule has 1 atom stereocenters. The van der Waals surface area contributed by atoms with Gasteiger partial charge in [0, 0.05) is 13.1 Å². The molecule has 0 spiro atoms. The normalized spacial score (nSPS) is 17.5. The molecule has 2 aromatic rings. The van der Waals surface area contributed by atoms with Gasteiger partial charge >= 0.3 is 5.97 Å². The molecule has 0 bridgehead atoms. The van der Waals surface area contributed by atoms with Crippen molar-refractivity contribution < 1.29 is 9.90 Å². The van der Waals surface area contributed by atoms with Gasteiger partial charge in [-0.2, -0.15) is 5.26 Å². The van der Waals surface area contributed by atoms with Gasteiger partial charge in [-0.25, -0.2) is 4.79 Å². The topological polar surface area (TPSA) is 64.3 Å². The van der Waals surface area contributed by atoms with Crippen LogP contribution in [0.25, 0.3) is 0 Å². The lowest BCUT2D eigenvalue weighted by Crippen LogP contribution is -2.21. The maximum atomic E-state index is 11.1. The zero-order valence-corrected chi connectivity index (χ0v) is 13.5. The summed E-state index contributed by atoms with van der Waals surface area (Å²) in [5.74, 6) is -0.346. The van der Waals surface area contributed by atoms with Gasteiger partial charge in [-0.3, -0.25) is 4.90 Å². The van der Waals surface area contributed by atoms with Crippen LogP contribution in [0.2, 0.25) is 0 Å². The predicted octanol–water partition coefficient (Wildman–Crippen LogP) is 3.32. The Kier molecular flexibility index (Phi) is 4.93. The first-order valence-electron chi connectivity index (χ1n) is 8.18. The minimum Gasteiger partial charge on any atom is -0.478 e. The van der Waals surface area contributed by atoms with Crippen molar-refractivity contribution in [2.24, 2.45) is 5.92 Å². The van der Waals surface area contributed by atoms with Gasteiger partial charge in [0.15, 0.2) is 0 Å². The molecule has 122 valence electrons. The van der Waals surface area contributed by atoms with E-state index in [0.29, 0.717) is 11.5 Å². The molecule has 24 heavy (non-hydrogen) atoms. The average molecular weight is 320 g/mol. The van der Waals surface area contributed by atoms with Gasteiger partial charge in [-0.15, -0.1) is 0 Å². The Balaban J connectivity index is 1.61. The quantitative estimate of drug-likeness (QED) is 0.918. The van der Waals surface area contributed by atoms with Crippen molar-refractivity contribution in [2.45, 2.75) is 19.4 Å². The average Bonchev–Trinajstić information content (AvgIpc) is 3.02. The highest BCUT2D eigenvalue weighted by Crippen LogP contribution is 2.23. The maximum absolute atomic E-state index is 11.1. The second kappa shape index (κ2) is 7.29. The van der Waals surface area contributed by atoms with E-state index >= 15 is 0 Å². The molecule has 0 radical (unpaired) electrons. The van der Waals surface area contributed by atoms with Gasteiger partial charge in [0.1, 0.15) is 0 Å². The fourth-order valence-corrected chi connectivity index (χ4v) is 3.40. The van der Waals surface area contributed by atoms with Crippen LogP contribution in [0.1, 0.15) is 33.5 Å². The Morgan fingerprint density at radius 3 is 2.88 bits per heavy atom. The number of aromatic carboxylic acids is 1.